The average Bonchev–Trinajstić information content (AvgIpc) is 2.44. The second-order valence-corrected chi connectivity index (χ2v) is 5.18. The lowest BCUT2D eigenvalue weighted by molar-refractivity contribution is 0.0953. The van der Waals surface area contributed by atoms with Gasteiger partial charge >= 0.3 is 0 Å². The van der Waals surface area contributed by atoms with Crippen molar-refractivity contribution in [3.8, 4) is 0 Å². The number of nitrogen functional groups attached to an aromatic ring is 1. The monoisotopic (exact) mass is 289 g/mol. The van der Waals surface area contributed by atoms with Crippen molar-refractivity contribution in [1.82, 2.24) is 20.4 Å². The van der Waals surface area contributed by atoms with Crippen molar-refractivity contribution in [2.24, 2.45) is 5.84 Å². The molecule has 104 valence electrons. The Morgan fingerprint density at radius 1 is 1.30 bits per heavy atom. The number of rotatable bonds is 4. The lowest BCUT2D eigenvalue weighted by atomic mass is 10.2. The Morgan fingerprint density at radius 3 is 2.55 bits per heavy atom. The van der Waals surface area contributed by atoms with Gasteiger partial charge in [-0.3, -0.25) is 15.2 Å². The summed E-state index contributed by atoms with van der Waals surface area (Å²) in [6.45, 7) is 3.88. The zero-order valence-corrected chi connectivity index (χ0v) is 12.1. The number of carbonyl (C=O) groups excluding carboxylic acids is 1. The van der Waals surface area contributed by atoms with Gasteiger partial charge in [0.1, 0.15) is 0 Å². The fourth-order valence-corrected chi connectivity index (χ4v) is 2.49. The van der Waals surface area contributed by atoms with Crippen LogP contribution in [0, 0.1) is 13.8 Å². The van der Waals surface area contributed by atoms with Crippen LogP contribution >= 0.6 is 11.8 Å². The van der Waals surface area contributed by atoms with Crippen molar-refractivity contribution in [3.63, 3.8) is 0 Å². The van der Waals surface area contributed by atoms with Gasteiger partial charge in [0.05, 0.1) is 11.3 Å². The summed E-state index contributed by atoms with van der Waals surface area (Å²) in [5.41, 5.74) is 5.25. The molecule has 1 amide bonds. The van der Waals surface area contributed by atoms with Gasteiger partial charge in [-0.05, 0) is 32.0 Å². The summed E-state index contributed by atoms with van der Waals surface area (Å²) >= 11 is 1.51. The second-order valence-electron chi connectivity index (χ2n) is 4.23. The molecule has 0 radical (unpaired) electrons. The van der Waals surface area contributed by atoms with E-state index in [0.29, 0.717) is 11.3 Å². The van der Waals surface area contributed by atoms with Crippen LogP contribution in [-0.2, 0) is 5.75 Å². The molecule has 0 saturated carbocycles. The number of nitrogens with one attached hydrogen (secondary N) is 1. The van der Waals surface area contributed by atoms with Gasteiger partial charge in [-0.15, -0.1) is 0 Å². The standard InChI is InChI=1S/C13H15N5OS/c1-8-5-9(2)17-13(16-8)20-7-11-4-3-10(6-15-11)12(19)18-14/h3-6H,7,14H2,1-2H3,(H,18,19). The van der Waals surface area contributed by atoms with Crippen LogP contribution in [0.4, 0.5) is 0 Å². The molecule has 2 rings (SSSR count). The predicted molar refractivity (Wildman–Crippen MR) is 77.0 cm³/mol. The molecular weight excluding hydrogens is 274 g/mol. The number of nitrogens with zero attached hydrogens (tertiary/aromatic N) is 3. The minimum atomic E-state index is -0.352. The fourth-order valence-electron chi connectivity index (χ4n) is 1.62. The van der Waals surface area contributed by atoms with Gasteiger partial charge in [0.25, 0.3) is 5.91 Å². The summed E-state index contributed by atoms with van der Waals surface area (Å²) in [7, 11) is 0. The first-order chi connectivity index (χ1) is 9.58. The first kappa shape index (κ1) is 14.4. The van der Waals surface area contributed by atoms with Crippen LogP contribution in [0.3, 0.4) is 0 Å². The fraction of sp³-hybridized carbons (Fsp3) is 0.231. The van der Waals surface area contributed by atoms with Crippen molar-refractivity contribution in [3.05, 3.63) is 47.0 Å². The highest BCUT2D eigenvalue weighted by molar-refractivity contribution is 7.98. The molecule has 0 unspecified atom stereocenters. The number of aromatic nitrogens is 3. The van der Waals surface area contributed by atoms with E-state index in [1.165, 1.54) is 18.0 Å². The molecule has 0 saturated heterocycles. The zero-order valence-electron chi connectivity index (χ0n) is 11.3. The number of pyridine rings is 1. The Hall–Kier alpha value is -1.99. The Morgan fingerprint density at radius 2 is 2.00 bits per heavy atom. The summed E-state index contributed by atoms with van der Waals surface area (Å²) < 4.78 is 0. The number of nitrogens with two attached hydrogens (primary N) is 1. The minimum Gasteiger partial charge on any atom is -0.290 e. The number of aryl methyl sites for hydroxylation is 2. The number of hydrazine groups is 1. The van der Waals surface area contributed by atoms with Crippen LogP contribution in [0.15, 0.2) is 29.6 Å². The predicted octanol–water partition coefficient (Wildman–Crippen LogP) is 1.38. The van der Waals surface area contributed by atoms with Gasteiger partial charge < -0.3 is 0 Å². The molecule has 2 aromatic heterocycles. The highest BCUT2D eigenvalue weighted by Crippen LogP contribution is 2.18. The number of carbonyl (C=O) groups is 1. The quantitative estimate of drug-likeness (QED) is 0.290. The van der Waals surface area contributed by atoms with Crippen LogP contribution in [0.5, 0.6) is 0 Å². The number of hydrogen-bond donors (Lipinski definition) is 2. The number of amides is 1. The van der Waals surface area contributed by atoms with Crippen LogP contribution in [0.25, 0.3) is 0 Å². The first-order valence-corrected chi connectivity index (χ1v) is 6.98. The molecule has 3 N–H and O–H groups in total. The van der Waals surface area contributed by atoms with E-state index in [0.717, 1.165) is 22.2 Å². The lowest BCUT2D eigenvalue weighted by Gasteiger charge is -2.04. The van der Waals surface area contributed by atoms with E-state index in [-0.39, 0.29) is 5.91 Å². The normalized spacial score (nSPS) is 10.3. The molecule has 2 aromatic rings. The highest BCUT2D eigenvalue weighted by atomic mass is 32.2. The average molecular weight is 289 g/mol. The number of hydrogen-bond acceptors (Lipinski definition) is 6. The third-order valence-electron chi connectivity index (χ3n) is 2.53. The van der Waals surface area contributed by atoms with Crippen molar-refractivity contribution in [2.75, 3.05) is 0 Å². The maximum absolute atomic E-state index is 11.3. The van der Waals surface area contributed by atoms with Crippen LogP contribution in [-0.4, -0.2) is 20.9 Å². The largest absolute Gasteiger partial charge is 0.290 e. The molecule has 0 spiro atoms. The van der Waals surface area contributed by atoms with E-state index < -0.39 is 0 Å². The Kier molecular flexibility index (Phi) is 4.65. The van der Waals surface area contributed by atoms with Gasteiger partial charge in [-0.25, -0.2) is 15.8 Å². The molecule has 0 fully saturated rings. The topological polar surface area (TPSA) is 93.8 Å². The molecule has 2 heterocycles. The lowest BCUT2D eigenvalue weighted by Crippen LogP contribution is -2.30. The summed E-state index contributed by atoms with van der Waals surface area (Å²) in [5, 5.41) is 0.730. The molecule has 0 aromatic carbocycles. The first-order valence-electron chi connectivity index (χ1n) is 5.99. The van der Waals surface area contributed by atoms with E-state index >= 15 is 0 Å². The van der Waals surface area contributed by atoms with Crippen molar-refractivity contribution >= 4 is 17.7 Å². The van der Waals surface area contributed by atoms with Gasteiger partial charge in [0, 0.05) is 23.3 Å². The number of thioether (sulfide) groups is 1. The van der Waals surface area contributed by atoms with E-state index in [4.69, 9.17) is 5.84 Å². The molecule has 0 aliphatic rings. The Balaban J connectivity index is 2.02. The van der Waals surface area contributed by atoms with Crippen LogP contribution in [0.2, 0.25) is 0 Å². The van der Waals surface area contributed by atoms with Gasteiger partial charge in [0.2, 0.25) is 0 Å². The summed E-state index contributed by atoms with van der Waals surface area (Å²) in [4.78, 5) is 24.2. The van der Waals surface area contributed by atoms with Crippen molar-refractivity contribution in [1.29, 1.82) is 0 Å². The van der Waals surface area contributed by atoms with Crippen LogP contribution in [0.1, 0.15) is 27.4 Å². The minimum absolute atomic E-state index is 0.352. The highest BCUT2D eigenvalue weighted by Gasteiger charge is 2.05. The molecule has 20 heavy (non-hydrogen) atoms. The maximum Gasteiger partial charge on any atom is 0.266 e. The second kappa shape index (κ2) is 6.44. The summed E-state index contributed by atoms with van der Waals surface area (Å²) in [6.07, 6.45) is 1.50. The summed E-state index contributed by atoms with van der Waals surface area (Å²) in [5.74, 6) is 5.35. The molecule has 6 nitrogen and oxygen atoms in total. The zero-order chi connectivity index (χ0) is 14.5. The third-order valence-corrected chi connectivity index (χ3v) is 3.41. The molecule has 0 atom stereocenters. The van der Waals surface area contributed by atoms with Gasteiger partial charge in [0.15, 0.2) is 5.16 Å². The van der Waals surface area contributed by atoms with Gasteiger partial charge in [-0.2, -0.15) is 0 Å². The molecule has 7 heteroatoms. The van der Waals surface area contributed by atoms with E-state index in [9.17, 15) is 4.79 Å². The molecular formula is C13H15N5OS. The van der Waals surface area contributed by atoms with Crippen molar-refractivity contribution in [2.45, 2.75) is 24.8 Å². The Bertz CT molecular complexity index is 594. The third kappa shape index (κ3) is 3.75. The Labute approximate surface area is 121 Å². The SMILES string of the molecule is Cc1cc(C)nc(SCc2ccc(C(=O)NN)cn2)n1. The van der Waals surface area contributed by atoms with E-state index in [2.05, 4.69) is 20.4 Å². The molecule has 0 aliphatic heterocycles. The summed E-state index contributed by atoms with van der Waals surface area (Å²) in [6, 6.07) is 5.41. The van der Waals surface area contributed by atoms with Crippen molar-refractivity contribution < 1.29 is 4.79 Å². The van der Waals surface area contributed by atoms with E-state index in [1.807, 2.05) is 19.9 Å². The van der Waals surface area contributed by atoms with Crippen LogP contribution < -0.4 is 11.3 Å². The molecule has 0 bridgehead atoms. The smallest absolute Gasteiger partial charge is 0.266 e. The van der Waals surface area contributed by atoms with Gasteiger partial charge in [-0.1, -0.05) is 11.8 Å². The van der Waals surface area contributed by atoms with E-state index in [1.54, 1.807) is 12.1 Å². The molecule has 0 aliphatic carbocycles. The maximum atomic E-state index is 11.3.